The standard InChI is InChI=1S/C27H24N6O3/c1-18-25(27(35)33(32(18)3)21-7-5-4-6-8-21)26(34)30-20-9-11-22(12-10-20)36-24-13-14-28-16-23(24)19-15-29-31(2)17-19/h4-17H,1-3H3,(H,30,34). The molecule has 3 aromatic heterocycles. The van der Waals surface area contributed by atoms with Crippen LogP contribution in [-0.2, 0) is 14.1 Å². The Balaban J connectivity index is 1.35. The first-order valence-corrected chi connectivity index (χ1v) is 11.3. The third-order valence-corrected chi connectivity index (χ3v) is 5.92. The first kappa shape index (κ1) is 22.9. The summed E-state index contributed by atoms with van der Waals surface area (Å²) in [6.07, 6.45) is 7.03. The second-order valence-corrected chi connectivity index (χ2v) is 8.29. The van der Waals surface area contributed by atoms with Gasteiger partial charge in [0, 0.05) is 49.5 Å². The van der Waals surface area contributed by atoms with E-state index in [0.29, 0.717) is 28.6 Å². The summed E-state index contributed by atoms with van der Waals surface area (Å²) in [7, 11) is 3.60. The predicted molar refractivity (Wildman–Crippen MR) is 137 cm³/mol. The SMILES string of the molecule is Cc1c(C(=O)Nc2ccc(Oc3ccncc3-c3cnn(C)c3)cc2)c(=O)n(-c2ccccc2)n1C. The summed E-state index contributed by atoms with van der Waals surface area (Å²) in [6.45, 7) is 1.75. The predicted octanol–water partition coefficient (Wildman–Crippen LogP) is 4.32. The lowest BCUT2D eigenvalue weighted by atomic mass is 10.1. The molecule has 1 N–H and O–H groups in total. The van der Waals surface area contributed by atoms with Gasteiger partial charge in [0.25, 0.3) is 11.5 Å². The molecule has 0 atom stereocenters. The number of carbonyl (C=O) groups excluding carboxylic acids is 1. The van der Waals surface area contributed by atoms with Crippen molar-refractivity contribution in [2.75, 3.05) is 5.32 Å². The highest BCUT2D eigenvalue weighted by atomic mass is 16.5. The van der Waals surface area contributed by atoms with Gasteiger partial charge in [-0.1, -0.05) is 18.2 Å². The number of nitrogens with one attached hydrogen (secondary N) is 1. The number of aryl methyl sites for hydroxylation is 1. The fourth-order valence-corrected chi connectivity index (χ4v) is 4.00. The fraction of sp³-hybridized carbons (Fsp3) is 0.111. The number of ether oxygens (including phenoxy) is 1. The number of hydrogen-bond donors (Lipinski definition) is 1. The Morgan fingerprint density at radius 2 is 1.72 bits per heavy atom. The number of aromatic nitrogens is 5. The number of nitrogens with zero attached hydrogens (tertiary/aromatic N) is 5. The molecule has 0 bridgehead atoms. The van der Waals surface area contributed by atoms with E-state index in [2.05, 4.69) is 15.4 Å². The van der Waals surface area contributed by atoms with Gasteiger partial charge in [-0.25, -0.2) is 4.68 Å². The minimum Gasteiger partial charge on any atom is -0.457 e. The summed E-state index contributed by atoms with van der Waals surface area (Å²) in [5.41, 5.74) is 3.24. The van der Waals surface area contributed by atoms with E-state index in [0.717, 1.165) is 11.1 Å². The van der Waals surface area contributed by atoms with Crippen molar-refractivity contribution in [3.8, 4) is 28.3 Å². The zero-order valence-corrected chi connectivity index (χ0v) is 20.0. The molecule has 0 spiro atoms. The average Bonchev–Trinajstić information content (AvgIpc) is 3.41. The summed E-state index contributed by atoms with van der Waals surface area (Å²) in [4.78, 5) is 30.3. The number of benzene rings is 2. The molecule has 0 radical (unpaired) electrons. The van der Waals surface area contributed by atoms with Crippen molar-refractivity contribution in [2.45, 2.75) is 6.92 Å². The van der Waals surface area contributed by atoms with Gasteiger partial charge < -0.3 is 10.1 Å². The molecular weight excluding hydrogens is 456 g/mol. The van der Waals surface area contributed by atoms with Gasteiger partial charge >= 0.3 is 0 Å². The van der Waals surface area contributed by atoms with E-state index in [-0.39, 0.29) is 11.1 Å². The summed E-state index contributed by atoms with van der Waals surface area (Å²) < 4.78 is 11.0. The summed E-state index contributed by atoms with van der Waals surface area (Å²) in [5, 5.41) is 7.03. The van der Waals surface area contributed by atoms with E-state index >= 15 is 0 Å². The first-order valence-electron chi connectivity index (χ1n) is 11.3. The van der Waals surface area contributed by atoms with Crippen molar-refractivity contribution in [2.24, 2.45) is 14.1 Å². The number of carbonyl (C=O) groups is 1. The van der Waals surface area contributed by atoms with Gasteiger partial charge in [0.05, 0.1) is 17.6 Å². The van der Waals surface area contributed by atoms with Crippen LogP contribution in [0.4, 0.5) is 5.69 Å². The molecule has 36 heavy (non-hydrogen) atoms. The van der Waals surface area contributed by atoms with Gasteiger partial charge in [0.15, 0.2) is 0 Å². The van der Waals surface area contributed by atoms with Gasteiger partial charge in [-0.15, -0.1) is 0 Å². The Morgan fingerprint density at radius 3 is 2.42 bits per heavy atom. The van der Waals surface area contributed by atoms with Gasteiger partial charge in [-0.2, -0.15) is 5.10 Å². The third kappa shape index (κ3) is 4.29. The highest BCUT2D eigenvalue weighted by molar-refractivity contribution is 6.05. The van der Waals surface area contributed by atoms with Crippen LogP contribution >= 0.6 is 0 Å². The van der Waals surface area contributed by atoms with Crippen molar-refractivity contribution in [3.63, 3.8) is 0 Å². The van der Waals surface area contributed by atoms with Crippen LogP contribution in [0.3, 0.4) is 0 Å². The highest BCUT2D eigenvalue weighted by Gasteiger charge is 2.22. The number of rotatable bonds is 6. The maximum Gasteiger partial charge on any atom is 0.284 e. The lowest BCUT2D eigenvalue weighted by molar-refractivity contribution is 0.102. The Morgan fingerprint density at radius 1 is 0.972 bits per heavy atom. The van der Waals surface area contributed by atoms with Crippen LogP contribution in [0.15, 0.2) is 90.2 Å². The molecule has 2 aromatic carbocycles. The van der Waals surface area contributed by atoms with Gasteiger partial charge in [-0.05, 0) is 49.4 Å². The summed E-state index contributed by atoms with van der Waals surface area (Å²) >= 11 is 0. The number of amides is 1. The van der Waals surface area contributed by atoms with Crippen LogP contribution < -0.4 is 15.6 Å². The van der Waals surface area contributed by atoms with Crippen LogP contribution in [0, 0.1) is 6.92 Å². The van der Waals surface area contributed by atoms with Crippen LogP contribution in [0.1, 0.15) is 16.1 Å². The second kappa shape index (κ2) is 9.38. The van der Waals surface area contributed by atoms with Crippen LogP contribution in [0.25, 0.3) is 16.8 Å². The normalized spacial score (nSPS) is 10.9. The lowest BCUT2D eigenvalue weighted by Crippen LogP contribution is -2.25. The molecule has 3 heterocycles. The molecule has 0 aliphatic carbocycles. The third-order valence-electron chi connectivity index (χ3n) is 5.92. The molecule has 9 heteroatoms. The average molecular weight is 481 g/mol. The molecule has 0 unspecified atom stereocenters. The lowest BCUT2D eigenvalue weighted by Gasteiger charge is -2.10. The molecule has 0 fully saturated rings. The van der Waals surface area contributed by atoms with Crippen molar-refractivity contribution in [1.29, 1.82) is 0 Å². The Labute approximate surface area is 207 Å². The van der Waals surface area contributed by atoms with Crippen LogP contribution in [0.5, 0.6) is 11.5 Å². The Kier molecular flexibility index (Phi) is 5.95. The first-order chi connectivity index (χ1) is 17.4. The zero-order chi connectivity index (χ0) is 25.2. The smallest absolute Gasteiger partial charge is 0.284 e. The van der Waals surface area contributed by atoms with E-state index < -0.39 is 5.91 Å². The van der Waals surface area contributed by atoms with Crippen molar-refractivity contribution in [3.05, 3.63) is 107 Å². The van der Waals surface area contributed by atoms with E-state index in [9.17, 15) is 9.59 Å². The van der Waals surface area contributed by atoms with Crippen molar-refractivity contribution < 1.29 is 9.53 Å². The number of para-hydroxylation sites is 1. The summed E-state index contributed by atoms with van der Waals surface area (Å²) in [5.74, 6) is 0.757. The molecule has 0 saturated carbocycles. The molecule has 1 amide bonds. The van der Waals surface area contributed by atoms with Gasteiger partial charge in [-0.3, -0.25) is 23.9 Å². The van der Waals surface area contributed by atoms with Crippen LogP contribution in [-0.4, -0.2) is 30.0 Å². The topological polar surface area (TPSA) is 96.0 Å². The second-order valence-electron chi connectivity index (χ2n) is 8.29. The zero-order valence-electron chi connectivity index (χ0n) is 20.0. The van der Waals surface area contributed by atoms with Crippen molar-refractivity contribution in [1.82, 2.24) is 24.1 Å². The maximum atomic E-state index is 13.1. The van der Waals surface area contributed by atoms with Crippen LogP contribution in [0.2, 0.25) is 0 Å². The number of pyridine rings is 1. The number of anilines is 1. The van der Waals surface area contributed by atoms with Gasteiger partial charge in [0.2, 0.25) is 0 Å². The molecule has 180 valence electrons. The molecule has 0 aliphatic heterocycles. The minimum atomic E-state index is -0.468. The Bertz CT molecular complexity index is 1600. The quantitative estimate of drug-likeness (QED) is 0.390. The minimum absolute atomic E-state index is 0.0968. The summed E-state index contributed by atoms with van der Waals surface area (Å²) in [6, 6.07) is 18.0. The molecule has 0 saturated heterocycles. The molecule has 5 aromatic rings. The largest absolute Gasteiger partial charge is 0.457 e. The monoisotopic (exact) mass is 480 g/mol. The molecule has 5 rings (SSSR count). The maximum absolute atomic E-state index is 13.1. The highest BCUT2D eigenvalue weighted by Crippen LogP contribution is 2.32. The van der Waals surface area contributed by atoms with E-state index in [1.807, 2.05) is 43.6 Å². The molecular formula is C27H24N6O3. The fourth-order valence-electron chi connectivity index (χ4n) is 4.00. The number of hydrogen-bond acceptors (Lipinski definition) is 5. The van der Waals surface area contributed by atoms with E-state index in [1.165, 1.54) is 4.68 Å². The van der Waals surface area contributed by atoms with Gasteiger partial charge in [0.1, 0.15) is 17.1 Å². The molecule has 9 nitrogen and oxygen atoms in total. The Hall–Kier alpha value is -4.92. The molecule has 0 aliphatic rings. The van der Waals surface area contributed by atoms with E-state index in [4.69, 9.17) is 4.74 Å². The van der Waals surface area contributed by atoms with Crippen molar-refractivity contribution >= 4 is 11.6 Å². The van der Waals surface area contributed by atoms with E-state index in [1.54, 1.807) is 72.3 Å².